The Labute approximate surface area is 139 Å². The molecule has 0 bridgehead atoms. The number of carbonyl (C=O) groups excluding carboxylic acids is 1. The fourth-order valence-electron chi connectivity index (χ4n) is 2.88. The van der Waals surface area contributed by atoms with Crippen molar-refractivity contribution in [2.45, 2.75) is 38.1 Å². The van der Waals surface area contributed by atoms with Gasteiger partial charge in [0.1, 0.15) is 6.04 Å². The van der Waals surface area contributed by atoms with E-state index >= 15 is 0 Å². The molecule has 1 unspecified atom stereocenters. The van der Waals surface area contributed by atoms with Gasteiger partial charge in [0.05, 0.1) is 4.88 Å². The lowest BCUT2D eigenvalue weighted by Gasteiger charge is -2.14. The second-order valence-corrected chi connectivity index (χ2v) is 6.96. The molecule has 1 amide bonds. The fraction of sp³-hybridized carbons (Fsp3) is 0.333. The summed E-state index contributed by atoms with van der Waals surface area (Å²) in [4.78, 5) is 25.8. The Hall–Kier alpha value is -2.14. The Bertz CT molecular complexity index is 685. The molecule has 2 N–H and O–H groups in total. The topological polar surface area (TPSA) is 66.4 Å². The summed E-state index contributed by atoms with van der Waals surface area (Å²) in [6, 6.07) is 10.4. The number of hydrogen-bond donors (Lipinski definition) is 2. The standard InChI is InChI=1S/C18H19NO3S/c20-17(16-11-13-8-4-5-9-15(13)23-16)19-14(18(21)22)10-12-6-2-1-3-7-12/h1-3,6-7,11,14H,4-5,8-10H2,(H,19,20)(H,21,22). The number of hydrogen-bond acceptors (Lipinski definition) is 3. The van der Waals surface area contributed by atoms with Crippen molar-refractivity contribution in [1.29, 1.82) is 0 Å². The van der Waals surface area contributed by atoms with E-state index in [0.717, 1.165) is 24.8 Å². The van der Waals surface area contributed by atoms with Crippen LogP contribution in [0.15, 0.2) is 36.4 Å². The number of fused-ring (bicyclic) bond motifs is 1. The predicted octanol–water partition coefficient (Wildman–Crippen LogP) is 3.05. The molecular formula is C18H19NO3S. The van der Waals surface area contributed by atoms with E-state index in [2.05, 4.69) is 5.32 Å². The molecule has 1 aliphatic carbocycles. The summed E-state index contributed by atoms with van der Waals surface area (Å²) in [6.07, 6.45) is 4.66. The van der Waals surface area contributed by atoms with Gasteiger partial charge in [-0.15, -0.1) is 11.3 Å². The lowest BCUT2D eigenvalue weighted by atomic mass is 9.99. The van der Waals surface area contributed by atoms with Crippen molar-refractivity contribution >= 4 is 23.2 Å². The largest absolute Gasteiger partial charge is 0.480 e. The van der Waals surface area contributed by atoms with E-state index in [1.165, 1.54) is 28.2 Å². The third kappa shape index (κ3) is 3.79. The second kappa shape index (κ2) is 6.96. The Morgan fingerprint density at radius 2 is 1.91 bits per heavy atom. The molecule has 4 nitrogen and oxygen atoms in total. The highest BCUT2D eigenvalue weighted by atomic mass is 32.1. The summed E-state index contributed by atoms with van der Waals surface area (Å²) in [5, 5.41) is 12.0. The van der Waals surface area contributed by atoms with Crippen LogP contribution >= 0.6 is 11.3 Å². The maximum Gasteiger partial charge on any atom is 0.326 e. The van der Waals surface area contributed by atoms with E-state index in [-0.39, 0.29) is 12.3 Å². The Morgan fingerprint density at radius 1 is 1.17 bits per heavy atom. The molecule has 1 aromatic heterocycles. The van der Waals surface area contributed by atoms with Crippen molar-refractivity contribution < 1.29 is 14.7 Å². The van der Waals surface area contributed by atoms with Crippen LogP contribution in [0.4, 0.5) is 0 Å². The molecule has 120 valence electrons. The van der Waals surface area contributed by atoms with Crippen LogP contribution in [0.5, 0.6) is 0 Å². The highest BCUT2D eigenvalue weighted by molar-refractivity contribution is 7.14. The molecule has 1 atom stereocenters. The number of amides is 1. The van der Waals surface area contributed by atoms with Gasteiger partial charge in [0.25, 0.3) is 5.91 Å². The minimum atomic E-state index is -1.01. The third-order valence-corrected chi connectivity index (χ3v) is 5.34. The van der Waals surface area contributed by atoms with Gasteiger partial charge in [-0.3, -0.25) is 4.79 Å². The van der Waals surface area contributed by atoms with Gasteiger partial charge in [0.2, 0.25) is 0 Å². The van der Waals surface area contributed by atoms with Gasteiger partial charge in [0.15, 0.2) is 0 Å². The molecule has 5 heteroatoms. The van der Waals surface area contributed by atoms with Crippen LogP contribution < -0.4 is 5.32 Å². The molecular weight excluding hydrogens is 310 g/mol. The van der Waals surface area contributed by atoms with Gasteiger partial charge in [-0.25, -0.2) is 4.79 Å². The lowest BCUT2D eigenvalue weighted by molar-refractivity contribution is -0.139. The maximum absolute atomic E-state index is 12.4. The first-order valence-electron chi connectivity index (χ1n) is 7.82. The van der Waals surface area contributed by atoms with Crippen LogP contribution in [0, 0.1) is 0 Å². The quantitative estimate of drug-likeness (QED) is 0.886. The highest BCUT2D eigenvalue weighted by Gasteiger charge is 2.23. The molecule has 2 aromatic rings. The average molecular weight is 329 g/mol. The molecule has 23 heavy (non-hydrogen) atoms. The molecule has 1 aliphatic rings. The molecule has 0 saturated carbocycles. The maximum atomic E-state index is 12.4. The molecule has 0 radical (unpaired) electrons. The summed E-state index contributed by atoms with van der Waals surface area (Å²) in [7, 11) is 0. The van der Waals surface area contributed by atoms with Crippen molar-refractivity contribution in [2.75, 3.05) is 0 Å². The van der Waals surface area contributed by atoms with Crippen molar-refractivity contribution in [2.24, 2.45) is 0 Å². The molecule has 0 spiro atoms. The molecule has 1 aromatic carbocycles. The van der Waals surface area contributed by atoms with E-state index in [9.17, 15) is 14.7 Å². The smallest absolute Gasteiger partial charge is 0.326 e. The van der Waals surface area contributed by atoms with Crippen LogP contribution in [0.2, 0.25) is 0 Å². The zero-order chi connectivity index (χ0) is 16.2. The van der Waals surface area contributed by atoms with E-state index in [1.807, 2.05) is 36.4 Å². The highest BCUT2D eigenvalue weighted by Crippen LogP contribution is 2.29. The summed E-state index contributed by atoms with van der Waals surface area (Å²) >= 11 is 1.50. The Morgan fingerprint density at radius 3 is 2.61 bits per heavy atom. The second-order valence-electron chi connectivity index (χ2n) is 5.82. The third-order valence-electron chi connectivity index (χ3n) is 4.11. The van der Waals surface area contributed by atoms with Crippen molar-refractivity contribution in [3.63, 3.8) is 0 Å². The molecule has 1 heterocycles. The van der Waals surface area contributed by atoms with E-state index in [4.69, 9.17) is 0 Å². The summed E-state index contributed by atoms with van der Waals surface area (Å²) in [5.74, 6) is -1.30. The Kier molecular flexibility index (Phi) is 4.76. The molecule has 0 aliphatic heterocycles. The van der Waals surface area contributed by atoms with Crippen molar-refractivity contribution in [3.8, 4) is 0 Å². The Balaban J connectivity index is 1.71. The van der Waals surface area contributed by atoms with Crippen molar-refractivity contribution in [1.82, 2.24) is 5.32 Å². The lowest BCUT2D eigenvalue weighted by Crippen LogP contribution is -2.42. The number of carboxylic acids is 1. The van der Waals surface area contributed by atoms with E-state index in [0.29, 0.717) is 4.88 Å². The summed E-state index contributed by atoms with van der Waals surface area (Å²) in [5.41, 5.74) is 2.15. The zero-order valence-corrected chi connectivity index (χ0v) is 13.6. The SMILES string of the molecule is O=C(NC(Cc1ccccc1)C(=O)O)c1cc2c(s1)CCCC2. The average Bonchev–Trinajstić information content (AvgIpc) is 2.99. The first kappa shape index (κ1) is 15.7. The number of aryl methyl sites for hydroxylation is 2. The van der Waals surface area contributed by atoms with Crippen molar-refractivity contribution in [3.05, 3.63) is 57.3 Å². The zero-order valence-electron chi connectivity index (χ0n) is 12.7. The normalized spacial score (nSPS) is 14.8. The summed E-state index contributed by atoms with van der Waals surface area (Å²) in [6.45, 7) is 0. The minimum Gasteiger partial charge on any atom is -0.480 e. The van der Waals surface area contributed by atoms with Gasteiger partial charge in [-0.2, -0.15) is 0 Å². The predicted molar refractivity (Wildman–Crippen MR) is 90.0 cm³/mol. The van der Waals surface area contributed by atoms with Crippen LogP contribution in [-0.4, -0.2) is 23.0 Å². The number of carbonyl (C=O) groups is 2. The van der Waals surface area contributed by atoms with Gasteiger partial charge in [-0.1, -0.05) is 30.3 Å². The number of nitrogens with one attached hydrogen (secondary N) is 1. The first-order valence-corrected chi connectivity index (χ1v) is 8.64. The minimum absolute atomic E-state index is 0.285. The number of rotatable bonds is 5. The van der Waals surface area contributed by atoms with Gasteiger partial charge in [-0.05, 0) is 42.9 Å². The molecule has 3 rings (SSSR count). The van der Waals surface area contributed by atoms with Crippen LogP contribution in [0.25, 0.3) is 0 Å². The molecule has 0 fully saturated rings. The van der Waals surface area contributed by atoms with E-state index < -0.39 is 12.0 Å². The summed E-state index contributed by atoms with van der Waals surface area (Å²) < 4.78 is 0. The van der Waals surface area contributed by atoms with Crippen LogP contribution in [0.3, 0.4) is 0 Å². The number of aliphatic carboxylic acids is 1. The first-order chi connectivity index (χ1) is 11.1. The van der Waals surface area contributed by atoms with Crippen LogP contribution in [0.1, 0.15) is 38.5 Å². The van der Waals surface area contributed by atoms with Gasteiger partial charge < -0.3 is 10.4 Å². The van der Waals surface area contributed by atoms with Crippen LogP contribution in [-0.2, 0) is 24.1 Å². The van der Waals surface area contributed by atoms with E-state index in [1.54, 1.807) is 0 Å². The van der Waals surface area contributed by atoms with Gasteiger partial charge >= 0.3 is 5.97 Å². The van der Waals surface area contributed by atoms with Gasteiger partial charge in [0, 0.05) is 11.3 Å². The number of thiophene rings is 1. The number of benzene rings is 1. The number of carboxylic acid groups (broad SMARTS) is 1. The molecule has 0 saturated heterocycles. The fourth-order valence-corrected chi connectivity index (χ4v) is 4.04. The monoisotopic (exact) mass is 329 g/mol.